The van der Waals surface area contributed by atoms with Gasteiger partial charge in [-0.2, -0.15) is 0 Å². The van der Waals surface area contributed by atoms with Crippen LogP contribution in [0.25, 0.3) is 0 Å². The number of fused-ring (bicyclic) bond motifs is 2. The second kappa shape index (κ2) is 11.0. The lowest BCUT2D eigenvalue weighted by Crippen LogP contribution is -2.37. The molecule has 2 aliphatic rings. The summed E-state index contributed by atoms with van der Waals surface area (Å²) in [5, 5.41) is 11.3. The molecule has 4 rings (SSSR count). The summed E-state index contributed by atoms with van der Waals surface area (Å²) in [6.45, 7) is 3.36. The van der Waals surface area contributed by atoms with E-state index in [9.17, 15) is 9.59 Å². The third-order valence-corrected chi connectivity index (χ3v) is 7.16. The molecule has 1 unspecified atom stereocenters. The molecular formula is C27H35N3O5. The third-order valence-electron chi connectivity index (χ3n) is 7.16. The Balaban J connectivity index is 1.26. The molecule has 2 amide bonds. The standard InChI is InChI=1S/C27H35N3O5/c1-29(17-22-13-21-5-4-18(12-23(21)22)16-28-27(32)33)9-8-26(31)30-10-6-19-14-24(34-2)25(35-3)15-20(19)7-11-30/h4-5,12,14-15,22,28H,6-11,13,16-17H2,1-3H3,(H,32,33). The van der Waals surface area contributed by atoms with E-state index in [1.54, 1.807) is 14.2 Å². The van der Waals surface area contributed by atoms with Crippen LogP contribution in [0.15, 0.2) is 30.3 Å². The van der Waals surface area contributed by atoms with Crippen LogP contribution in [-0.4, -0.2) is 74.4 Å². The second-order valence-corrected chi connectivity index (χ2v) is 9.46. The maximum Gasteiger partial charge on any atom is 0.404 e. The van der Waals surface area contributed by atoms with Crippen LogP contribution in [-0.2, 0) is 30.6 Å². The van der Waals surface area contributed by atoms with Crippen LogP contribution in [0.2, 0.25) is 0 Å². The lowest BCUT2D eigenvalue weighted by Gasteiger charge is -2.34. The summed E-state index contributed by atoms with van der Waals surface area (Å²) >= 11 is 0. The average Bonchev–Trinajstić information content (AvgIpc) is 3.06. The predicted molar refractivity (Wildman–Crippen MR) is 133 cm³/mol. The van der Waals surface area contributed by atoms with Crippen molar-refractivity contribution in [1.29, 1.82) is 0 Å². The summed E-state index contributed by atoms with van der Waals surface area (Å²) in [5.41, 5.74) is 6.04. The summed E-state index contributed by atoms with van der Waals surface area (Å²) in [5.74, 6) is 2.08. The smallest absolute Gasteiger partial charge is 0.404 e. The number of likely N-dealkylation sites (N-methyl/N-ethyl adjacent to an activating group) is 1. The van der Waals surface area contributed by atoms with Gasteiger partial charge >= 0.3 is 6.09 Å². The number of benzene rings is 2. The zero-order chi connectivity index (χ0) is 24.9. The van der Waals surface area contributed by atoms with Crippen molar-refractivity contribution in [3.8, 4) is 11.5 Å². The summed E-state index contributed by atoms with van der Waals surface area (Å²) in [6.07, 6.45) is 2.14. The molecule has 8 heteroatoms. The van der Waals surface area contributed by atoms with Gasteiger partial charge in [0.25, 0.3) is 0 Å². The number of amides is 2. The van der Waals surface area contributed by atoms with Crippen molar-refractivity contribution in [3.05, 3.63) is 58.1 Å². The number of nitrogens with zero attached hydrogens (tertiary/aromatic N) is 2. The zero-order valence-corrected chi connectivity index (χ0v) is 20.8. The Labute approximate surface area is 206 Å². The number of hydrogen-bond donors (Lipinski definition) is 2. The van der Waals surface area contributed by atoms with Gasteiger partial charge in [-0.25, -0.2) is 4.79 Å². The van der Waals surface area contributed by atoms with Crippen LogP contribution in [0.4, 0.5) is 4.79 Å². The first-order valence-corrected chi connectivity index (χ1v) is 12.2. The van der Waals surface area contributed by atoms with Crippen molar-refractivity contribution in [2.45, 2.75) is 38.1 Å². The first kappa shape index (κ1) is 24.9. The Morgan fingerprint density at radius 2 is 1.71 bits per heavy atom. The van der Waals surface area contributed by atoms with Crippen molar-refractivity contribution in [2.75, 3.05) is 47.4 Å². The molecule has 0 saturated heterocycles. The highest BCUT2D eigenvalue weighted by Gasteiger charge is 2.28. The second-order valence-electron chi connectivity index (χ2n) is 9.46. The minimum absolute atomic E-state index is 0.194. The zero-order valence-electron chi connectivity index (χ0n) is 20.8. The molecule has 35 heavy (non-hydrogen) atoms. The molecule has 0 spiro atoms. The van der Waals surface area contributed by atoms with E-state index in [0.29, 0.717) is 32.0 Å². The summed E-state index contributed by atoms with van der Waals surface area (Å²) in [4.78, 5) is 28.0. The molecule has 2 N–H and O–H groups in total. The Hall–Kier alpha value is -3.26. The number of carbonyl (C=O) groups excluding carboxylic acids is 1. The van der Waals surface area contributed by atoms with Crippen molar-refractivity contribution in [2.24, 2.45) is 0 Å². The van der Waals surface area contributed by atoms with E-state index in [2.05, 4.69) is 29.4 Å². The van der Waals surface area contributed by atoms with E-state index in [1.165, 1.54) is 22.3 Å². The van der Waals surface area contributed by atoms with Gasteiger partial charge in [0.2, 0.25) is 5.91 Å². The first-order chi connectivity index (χ1) is 16.9. The van der Waals surface area contributed by atoms with Crippen LogP contribution in [0, 0.1) is 0 Å². The fourth-order valence-electron chi connectivity index (χ4n) is 5.12. The molecule has 1 aliphatic heterocycles. The number of carboxylic acid groups (broad SMARTS) is 1. The molecule has 2 aromatic rings. The highest BCUT2D eigenvalue weighted by atomic mass is 16.5. The van der Waals surface area contributed by atoms with Gasteiger partial charge in [0, 0.05) is 45.1 Å². The molecule has 8 nitrogen and oxygen atoms in total. The number of methoxy groups -OCH3 is 2. The van der Waals surface area contributed by atoms with E-state index < -0.39 is 6.09 Å². The van der Waals surface area contributed by atoms with Gasteiger partial charge in [0.15, 0.2) is 11.5 Å². The molecule has 1 aliphatic carbocycles. The van der Waals surface area contributed by atoms with Gasteiger partial charge < -0.3 is 29.7 Å². The third kappa shape index (κ3) is 5.88. The maximum atomic E-state index is 13.0. The predicted octanol–water partition coefficient (Wildman–Crippen LogP) is 3.06. The number of hydrogen-bond acceptors (Lipinski definition) is 5. The summed E-state index contributed by atoms with van der Waals surface area (Å²) in [6, 6.07) is 10.3. The fourth-order valence-corrected chi connectivity index (χ4v) is 5.12. The van der Waals surface area contributed by atoms with Crippen molar-refractivity contribution < 1.29 is 24.2 Å². The molecule has 0 aromatic heterocycles. The van der Waals surface area contributed by atoms with E-state index in [4.69, 9.17) is 14.6 Å². The lowest BCUT2D eigenvalue weighted by molar-refractivity contribution is -0.131. The van der Waals surface area contributed by atoms with Crippen molar-refractivity contribution >= 4 is 12.0 Å². The van der Waals surface area contributed by atoms with Crippen LogP contribution < -0.4 is 14.8 Å². The number of nitrogens with one attached hydrogen (secondary N) is 1. The number of rotatable bonds is 9. The van der Waals surface area contributed by atoms with Gasteiger partial charge in [-0.05, 0) is 66.3 Å². The molecular weight excluding hydrogens is 446 g/mol. The van der Waals surface area contributed by atoms with E-state index >= 15 is 0 Å². The Morgan fingerprint density at radius 3 is 2.31 bits per heavy atom. The van der Waals surface area contributed by atoms with Gasteiger partial charge in [-0.3, -0.25) is 4.79 Å². The van der Waals surface area contributed by atoms with Crippen molar-refractivity contribution in [3.63, 3.8) is 0 Å². The lowest BCUT2D eigenvalue weighted by atomic mass is 9.76. The highest BCUT2D eigenvalue weighted by molar-refractivity contribution is 5.76. The molecule has 0 fully saturated rings. The summed E-state index contributed by atoms with van der Waals surface area (Å²) in [7, 11) is 5.36. The van der Waals surface area contributed by atoms with Crippen LogP contribution >= 0.6 is 0 Å². The van der Waals surface area contributed by atoms with E-state index in [-0.39, 0.29) is 5.91 Å². The Morgan fingerprint density at radius 1 is 1.06 bits per heavy atom. The maximum absolute atomic E-state index is 13.0. The van der Waals surface area contributed by atoms with Gasteiger partial charge in [0.1, 0.15) is 0 Å². The highest BCUT2D eigenvalue weighted by Crippen LogP contribution is 2.36. The normalized spacial score (nSPS) is 16.6. The molecule has 0 saturated carbocycles. The molecule has 1 atom stereocenters. The van der Waals surface area contributed by atoms with Crippen LogP contribution in [0.1, 0.15) is 40.2 Å². The quantitative estimate of drug-likeness (QED) is 0.572. The molecule has 0 radical (unpaired) electrons. The molecule has 0 bridgehead atoms. The minimum atomic E-state index is -1.01. The van der Waals surface area contributed by atoms with E-state index in [0.717, 1.165) is 49.4 Å². The first-order valence-electron chi connectivity index (χ1n) is 12.2. The minimum Gasteiger partial charge on any atom is -0.493 e. The van der Waals surface area contributed by atoms with E-state index in [1.807, 2.05) is 23.1 Å². The number of ether oxygens (including phenoxy) is 2. The van der Waals surface area contributed by atoms with Crippen LogP contribution in [0.5, 0.6) is 11.5 Å². The van der Waals surface area contributed by atoms with Gasteiger partial charge in [0.05, 0.1) is 14.2 Å². The SMILES string of the molecule is COc1cc2c(cc1OC)CCN(C(=O)CCN(C)CC1Cc3ccc(CNC(=O)O)cc31)CC2. The van der Waals surface area contributed by atoms with Crippen molar-refractivity contribution in [1.82, 2.24) is 15.1 Å². The van der Waals surface area contributed by atoms with Gasteiger partial charge in [-0.1, -0.05) is 18.2 Å². The molecule has 188 valence electrons. The monoisotopic (exact) mass is 481 g/mol. The fraction of sp³-hybridized carbons (Fsp3) is 0.481. The summed E-state index contributed by atoms with van der Waals surface area (Å²) < 4.78 is 10.9. The topological polar surface area (TPSA) is 91.3 Å². The Bertz CT molecular complexity index is 1050. The average molecular weight is 482 g/mol. The Kier molecular flexibility index (Phi) is 7.80. The molecule has 2 aromatic carbocycles. The van der Waals surface area contributed by atoms with Gasteiger partial charge in [-0.15, -0.1) is 0 Å². The van der Waals surface area contributed by atoms with Crippen LogP contribution in [0.3, 0.4) is 0 Å². The molecule has 1 heterocycles. The largest absolute Gasteiger partial charge is 0.493 e. The number of carbonyl (C=O) groups is 2.